The second-order valence-corrected chi connectivity index (χ2v) is 9.66. The number of carbonyl (C=O) groups is 1. The first-order valence-electron chi connectivity index (χ1n) is 10.8. The maximum absolute atomic E-state index is 12.7. The lowest BCUT2D eigenvalue weighted by molar-refractivity contribution is -0.145. The molecule has 0 spiro atoms. The molecule has 2 fully saturated rings. The maximum atomic E-state index is 12.7. The number of allylic oxidation sites excluding steroid dienone is 2. The molecule has 5 atom stereocenters. The summed E-state index contributed by atoms with van der Waals surface area (Å²) in [5.41, 5.74) is 4.05. The topological polar surface area (TPSA) is 70.0 Å². The van der Waals surface area contributed by atoms with Gasteiger partial charge in [-0.05, 0) is 69.2 Å². The van der Waals surface area contributed by atoms with Gasteiger partial charge in [-0.25, -0.2) is 0 Å². The zero-order chi connectivity index (χ0) is 20.8. The average Bonchev–Trinajstić information content (AvgIpc) is 2.94. The minimum absolute atomic E-state index is 0.0302. The van der Waals surface area contributed by atoms with E-state index in [9.17, 15) is 15.0 Å². The minimum Gasteiger partial charge on any atom is -0.508 e. The third kappa shape index (κ3) is 3.95. The largest absolute Gasteiger partial charge is 0.508 e. The number of ether oxygens (including phenoxy) is 1. The molecule has 0 unspecified atom stereocenters. The zero-order valence-electron chi connectivity index (χ0n) is 17.7. The predicted molar refractivity (Wildman–Crippen MR) is 111 cm³/mol. The van der Waals surface area contributed by atoms with Gasteiger partial charge >= 0.3 is 5.97 Å². The predicted octanol–water partition coefficient (Wildman–Crippen LogP) is 3.82. The van der Waals surface area contributed by atoms with Crippen LogP contribution in [0.4, 0.5) is 0 Å². The smallest absolute Gasteiger partial charge is 0.310 e. The fourth-order valence-corrected chi connectivity index (χ4v) is 5.83. The SMILES string of the molecule is CC1=C2C[C@@H]3[C@H](CN(C)C[C@H](O)c4ccc(O)cc4)C(=O)O[C@@H]3C[C@]2(C)CCC1. The van der Waals surface area contributed by atoms with Crippen LogP contribution in [0.1, 0.15) is 57.6 Å². The molecule has 5 heteroatoms. The van der Waals surface area contributed by atoms with Gasteiger partial charge in [0.05, 0.1) is 12.0 Å². The van der Waals surface area contributed by atoms with Crippen molar-refractivity contribution in [2.45, 2.75) is 58.2 Å². The molecule has 5 nitrogen and oxygen atoms in total. The van der Waals surface area contributed by atoms with E-state index in [1.54, 1.807) is 29.8 Å². The third-order valence-electron chi connectivity index (χ3n) is 7.45. The summed E-state index contributed by atoms with van der Waals surface area (Å²) in [5.74, 6) is 0.216. The van der Waals surface area contributed by atoms with E-state index in [1.807, 2.05) is 11.9 Å². The number of carbonyl (C=O) groups excluding carboxylic acids is 1. The van der Waals surface area contributed by atoms with E-state index in [1.165, 1.54) is 24.8 Å². The summed E-state index contributed by atoms with van der Waals surface area (Å²) in [7, 11) is 1.95. The number of aliphatic hydroxyl groups is 1. The van der Waals surface area contributed by atoms with Crippen LogP contribution in [0.15, 0.2) is 35.4 Å². The van der Waals surface area contributed by atoms with Gasteiger partial charge in [-0.3, -0.25) is 4.79 Å². The summed E-state index contributed by atoms with van der Waals surface area (Å²) in [5, 5.41) is 20.0. The number of phenols is 1. The van der Waals surface area contributed by atoms with Crippen LogP contribution >= 0.6 is 0 Å². The van der Waals surface area contributed by atoms with Gasteiger partial charge in [0.1, 0.15) is 11.9 Å². The van der Waals surface area contributed by atoms with E-state index >= 15 is 0 Å². The molecule has 1 aliphatic heterocycles. The molecule has 2 N–H and O–H groups in total. The molecule has 158 valence electrons. The van der Waals surface area contributed by atoms with Gasteiger partial charge in [-0.15, -0.1) is 0 Å². The summed E-state index contributed by atoms with van der Waals surface area (Å²) in [4.78, 5) is 14.7. The lowest BCUT2D eigenvalue weighted by atomic mass is 9.59. The molecule has 1 heterocycles. The number of likely N-dealkylation sites (N-methyl/N-ethyl adjacent to an activating group) is 1. The van der Waals surface area contributed by atoms with E-state index in [4.69, 9.17) is 4.74 Å². The number of aromatic hydroxyl groups is 1. The van der Waals surface area contributed by atoms with Crippen molar-refractivity contribution in [3.05, 3.63) is 41.0 Å². The highest BCUT2D eigenvalue weighted by molar-refractivity contribution is 5.76. The van der Waals surface area contributed by atoms with Gasteiger partial charge < -0.3 is 19.8 Å². The van der Waals surface area contributed by atoms with Gasteiger partial charge in [-0.2, -0.15) is 0 Å². The van der Waals surface area contributed by atoms with Crippen LogP contribution in [0.3, 0.4) is 0 Å². The fraction of sp³-hybridized carbons (Fsp3) is 0.625. The van der Waals surface area contributed by atoms with E-state index in [0.29, 0.717) is 13.1 Å². The quantitative estimate of drug-likeness (QED) is 0.582. The second-order valence-electron chi connectivity index (χ2n) is 9.66. The van der Waals surface area contributed by atoms with Crippen molar-refractivity contribution in [3.8, 4) is 5.75 Å². The van der Waals surface area contributed by atoms with Crippen molar-refractivity contribution in [1.29, 1.82) is 0 Å². The van der Waals surface area contributed by atoms with Crippen molar-refractivity contribution in [1.82, 2.24) is 4.90 Å². The highest BCUT2D eigenvalue weighted by Crippen LogP contribution is 2.55. The highest BCUT2D eigenvalue weighted by atomic mass is 16.6. The number of hydrogen-bond donors (Lipinski definition) is 2. The van der Waals surface area contributed by atoms with Crippen LogP contribution in [0.2, 0.25) is 0 Å². The van der Waals surface area contributed by atoms with Crippen molar-refractivity contribution >= 4 is 5.97 Å². The van der Waals surface area contributed by atoms with Crippen LogP contribution < -0.4 is 0 Å². The number of hydrogen-bond acceptors (Lipinski definition) is 5. The van der Waals surface area contributed by atoms with Crippen molar-refractivity contribution in [3.63, 3.8) is 0 Å². The molecule has 1 aromatic carbocycles. The summed E-state index contributed by atoms with van der Waals surface area (Å²) < 4.78 is 5.85. The number of benzene rings is 1. The van der Waals surface area contributed by atoms with E-state index in [-0.39, 0.29) is 35.1 Å². The fourth-order valence-electron chi connectivity index (χ4n) is 5.83. The lowest BCUT2D eigenvalue weighted by Gasteiger charge is -2.46. The van der Waals surface area contributed by atoms with Crippen molar-refractivity contribution < 1.29 is 19.7 Å². The maximum Gasteiger partial charge on any atom is 0.310 e. The Kier molecular flexibility index (Phi) is 5.47. The van der Waals surface area contributed by atoms with Gasteiger partial charge in [0.25, 0.3) is 0 Å². The number of esters is 1. The summed E-state index contributed by atoms with van der Waals surface area (Å²) in [6, 6.07) is 6.62. The Balaban J connectivity index is 1.43. The first-order valence-corrected chi connectivity index (χ1v) is 10.8. The molecule has 2 aliphatic carbocycles. The molecule has 0 aromatic heterocycles. The number of rotatable bonds is 5. The van der Waals surface area contributed by atoms with Crippen LogP contribution in [0.5, 0.6) is 5.75 Å². The zero-order valence-corrected chi connectivity index (χ0v) is 17.7. The summed E-state index contributed by atoms with van der Waals surface area (Å²) in [6.07, 6.45) is 4.90. The normalized spacial score (nSPS) is 32.7. The summed E-state index contributed by atoms with van der Waals surface area (Å²) in [6.45, 7) is 5.64. The van der Waals surface area contributed by atoms with E-state index < -0.39 is 6.10 Å². The van der Waals surface area contributed by atoms with Crippen LogP contribution in [0, 0.1) is 17.3 Å². The molecule has 0 radical (unpaired) electrons. The Hall–Kier alpha value is -1.85. The number of nitrogens with zero attached hydrogens (tertiary/aromatic N) is 1. The van der Waals surface area contributed by atoms with Gasteiger partial charge in [0, 0.05) is 19.0 Å². The van der Waals surface area contributed by atoms with Crippen LogP contribution in [0.25, 0.3) is 0 Å². The molecule has 4 rings (SSSR count). The molecular formula is C24H33NO4. The standard InChI is InChI=1S/C24H33NO4/c1-15-5-4-10-24(2)12-22-18(11-20(15)24)19(23(28)29-22)13-25(3)14-21(27)16-6-8-17(26)9-7-16/h6-9,18-19,21-22,26-27H,4-5,10-14H2,1-3H3/t18-,19+,21+,22-,24+/m1/s1. The van der Waals surface area contributed by atoms with Gasteiger partial charge in [0.15, 0.2) is 0 Å². The molecule has 3 aliphatic rings. The molecule has 0 bridgehead atoms. The molecular weight excluding hydrogens is 366 g/mol. The lowest BCUT2D eigenvalue weighted by Crippen LogP contribution is -2.41. The monoisotopic (exact) mass is 399 g/mol. The number of phenolic OH excluding ortho intramolecular Hbond substituents is 1. The van der Waals surface area contributed by atoms with Crippen molar-refractivity contribution in [2.24, 2.45) is 17.3 Å². The van der Waals surface area contributed by atoms with Crippen LogP contribution in [-0.4, -0.2) is 47.3 Å². The van der Waals surface area contributed by atoms with Gasteiger partial charge in [-0.1, -0.05) is 30.2 Å². The molecule has 1 saturated heterocycles. The number of fused-ring (bicyclic) bond motifs is 2. The molecule has 1 aromatic rings. The Morgan fingerprint density at radius 2 is 2.03 bits per heavy atom. The first kappa shape index (κ1) is 20.4. The Morgan fingerprint density at radius 3 is 2.76 bits per heavy atom. The van der Waals surface area contributed by atoms with Crippen LogP contribution in [-0.2, 0) is 9.53 Å². The second kappa shape index (κ2) is 7.77. The average molecular weight is 400 g/mol. The third-order valence-corrected chi connectivity index (χ3v) is 7.45. The minimum atomic E-state index is -0.660. The molecule has 0 amide bonds. The Bertz CT molecular complexity index is 802. The Labute approximate surface area is 173 Å². The van der Waals surface area contributed by atoms with E-state index in [2.05, 4.69) is 13.8 Å². The Morgan fingerprint density at radius 1 is 1.31 bits per heavy atom. The molecule has 1 saturated carbocycles. The number of aliphatic hydroxyl groups excluding tert-OH is 1. The molecule has 29 heavy (non-hydrogen) atoms. The first-order chi connectivity index (χ1) is 13.8. The van der Waals surface area contributed by atoms with Gasteiger partial charge in [0.2, 0.25) is 0 Å². The van der Waals surface area contributed by atoms with Crippen molar-refractivity contribution in [2.75, 3.05) is 20.1 Å². The van der Waals surface area contributed by atoms with E-state index in [0.717, 1.165) is 18.4 Å². The summed E-state index contributed by atoms with van der Waals surface area (Å²) >= 11 is 0. The highest BCUT2D eigenvalue weighted by Gasteiger charge is 2.53.